The standard InChI is InChI=1S/C4H8F3NO/c1-8(9)3-2-4(5,6)7/h9H,2-3H2,1H3. The number of rotatable bonds is 2. The van der Waals surface area contributed by atoms with Gasteiger partial charge in [0, 0.05) is 13.6 Å². The Morgan fingerprint density at radius 3 is 2.00 bits per heavy atom. The number of alkyl halides is 3. The molecule has 0 aromatic heterocycles. The van der Waals surface area contributed by atoms with Crippen molar-refractivity contribution in [3.8, 4) is 0 Å². The Balaban J connectivity index is 3.28. The third-order valence-electron chi connectivity index (χ3n) is 0.719. The van der Waals surface area contributed by atoms with Crippen LogP contribution in [0.15, 0.2) is 0 Å². The lowest BCUT2D eigenvalue weighted by atomic mass is 10.4. The fourth-order valence-electron chi connectivity index (χ4n) is 0.289. The minimum atomic E-state index is -4.17. The van der Waals surface area contributed by atoms with Crippen molar-refractivity contribution in [3.05, 3.63) is 0 Å². The van der Waals surface area contributed by atoms with E-state index in [1.165, 1.54) is 7.05 Å². The molecule has 0 aliphatic rings. The van der Waals surface area contributed by atoms with Crippen LogP contribution in [-0.4, -0.2) is 30.0 Å². The first-order chi connectivity index (χ1) is 3.92. The summed E-state index contributed by atoms with van der Waals surface area (Å²) in [6, 6.07) is 0. The van der Waals surface area contributed by atoms with E-state index in [9.17, 15) is 13.2 Å². The van der Waals surface area contributed by atoms with Crippen LogP contribution in [0, 0.1) is 0 Å². The van der Waals surface area contributed by atoms with Crippen molar-refractivity contribution in [1.82, 2.24) is 5.06 Å². The zero-order valence-electron chi connectivity index (χ0n) is 4.94. The van der Waals surface area contributed by atoms with Gasteiger partial charge in [0.2, 0.25) is 0 Å². The summed E-state index contributed by atoms with van der Waals surface area (Å²) < 4.78 is 33.8. The van der Waals surface area contributed by atoms with Crippen molar-refractivity contribution in [2.24, 2.45) is 0 Å². The average Bonchev–Trinajstić information content (AvgIpc) is 1.59. The van der Waals surface area contributed by atoms with Crippen LogP contribution in [-0.2, 0) is 0 Å². The SMILES string of the molecule is CN(O)CCC(F)(F)F. The molecule has 0 bridgehead atoms. The second kappa shape index (κ2) is 3.03. The molecule has 0 aliphatic carbocycles. The predicted molar refractivity (Wildman–Crippen MR) is 25.1 cm³/mol. The van der Waals surface area contributed by atoms with Crippen LogP contribution in [0.3, 0.4) is 0 Å². The lowest BCUT2D eigenvalue weighted by Gasteiger charge is -2.09. The smallest absolute Gasteiger partial charge is 0.314 e. The highest BCUT2D eigenvalue weighted by Crippen LogP contribution is 2.18. The molecule has 0 fully saturated rings. The number of hydrogen-bond donors (Lipinski definition) is 1. The van der Waals surface area contributed by atoms with Gasteiger partial charge < -0.3 is 5.21 Å². The summed E-state index contributed by atoms with van der Waals surface area (Å²) in [5.74, 6) is 0. The van der Waals surface area contributed by atoms with Crippen LogP contribution < -0.4 is 0 Å². The number of hydrogen-bond acceptors (Lipinski definition) is 2. The van der Waals surface area contributed by atoms with Crippen LogP contribution in [0.4, 0.5) is 13.2 Å². The Labute approximate surface area is 50.8 Å². The fourth-order valence-corrected chi connectivity index (χ4v) is 0.289. The van der Waals surface area contributed by atoms with Gasteiger partial charge in [-0.05, 0) is 0 Å². The maximum Gasteiger partial charge on any atom is 0.390 e. The Morgan fingerprint density at radius 2 is 1.89 bits per heavy atom. The molecule has 0 spiro atoms. The zero-order chi connectivity index (χ0) is 7.49. The van der Waals surface area contributed by atoms with Crippen LogP contribution in [0.25, 0.3) is 0 Å². The molecule has 0 aromatic carbocycles. The van der Waals surface area contributed by atoms with Crippen molar-refractivity contribution in [2.45, 2.75) is 12.6 Å². The van der Waals surface area contributed by atoms with Crippen molar-refractivity contribution >= 4 is 0 Å². The second-order valence-electron chi connectivity index (χ2n) is 1.75. The quantitative estimate of drug-likeness (QED) is 0.588. The van der Waals surface area contributed by atoms with E-state index < -0.39 is 12.6 Å². The summed E-state index contributed by atoms with van der Waals surface area (Å²) in [7, 11) is 1.17. The lowest BCUT2D eigenvalue weighted by Crippen LogP contribution is -2.20. The van der Waals surface area contributed by atoms with Gasteiger partial charge >= 0.3 is 6.18 Å². The van der Waals surface area contributed by atoms with E-state index in [1.54, 1.807) is 0 Å². The predicted octanol–water partition coefficient (Wildman–Crippen LogP) is 1.26. The minimum absolute atomic E-state index is 0.372. The van der Waals surface area contributed by atoms with Gasteiger partial charge in [-0.1, -0.05) is 0 Å². The maximum absolute atomic E-state index is 11.3. The van der Waals surface area contributed by atoms with Crippen LogP contribution in [0.2, 0.25) is 0 Å². The third-order valence-corrected chi connectivity index (χ3v) is 0.719. The highest BCUT2D eigenvalue weighted by Gasteiger charge is 2.26. The molecule has 56 valence electrons. The van der Waals surface area contributed by atoms with Crippen molar-refractivity contribution in [2.75, 3.05) is 13.6 Å². The zero-order valence-corrected chi connectivity index (χ0v) is 4.94. The van der Waals surface area contributed by atoms with Gasteiger partial charge in [-0.25, -0.2) is 0 Å². The Morgan fingerprint density at radius 1 is 1.44 bits per heavy atom. The maximum atomic E-state index is 11.3. The molecule has 0 saturated heterocycles. The summed E-state index contributed by atoms with van der Waals surface area (Å²) in [5, 5.41) is 8.76. The van der Waals surface area contributed by atoms with Gasteiger partial charge in [0.1, 0.15) is 0 Å². The molecule has 0 aromatic rings. The van der Waals surface area contributed by atoms with Gasteiger partial charge in [0.15, 0.2) is 0 Å². The topological polar surface area (TPSA) is 23.5 Å². The molecule has 0 amide bonds. The molecule has 0 heterocycles. The molecular formula is C4H8F3NO. The van der Waals surface area contributed by atoms with Crippen LogP contribution >= 0.6 is 0 Å². The molecule has 0 rings (SSSR count). The van der Waals surface area contributed by atoms with Gasteiger partial charge in [0.25, 0.3) is 0 Å². The highest BCUT2D eigenvalue weighted by atomic mass is 19.4. The number of halogens is 3. The van der Waals surface area contributed by atoms with Gasteiger partial charge in [0.05, 0.1) is 6.42 Å². The molecular weight excluding hydrogens is 135 g/mol. The van der Waals surface area contributed by atoms with Gasteiger partial charge in [-0.3, -0.25) is 0 Å². The monoisotopic (exact) mass is 143 g/mol. The molecule has 0 unspecified atom stereocenters. The third kappa shape index (κ3) is 7.71. The van der Waals surface area contributed by atoms with Crippen LogP contribution in [0.1, 0.15) is 6.42 Å². The summed E-state index contributed by atoms with van der Waals surface area (Å²) >= 11 is 0. The van der Waals surface area contributed by atoms with E-state index >= 15 is 0 Å². The lowest BCUT2D eigenvalue weighted by molar-refractivity contribution is -0.158. The molecule has 0 saturated carbocycles. The normalized spacial score (nSPS) is 12.7. The van der Waals surface area contributed by atoms with Gasteiger partial charge in [-0.2, -0.15) is 18.2 Å². The molecule has 0 radical (unpaired) electrons. The van der Waals surface area contributed by atoms with Crippen molar-refractivity contribution in [3.63, 3.8) is 0 Å². The van der Waals surface area contributed by atoms with E-state index in [2.05, 4.69) is 0 Å². The molecule has 5 heteroatoms. The van der Waals surface area contributed by atoms with Crippen LogP contribution in [0.5, 0.6) is 0 Å². The highest BCUT2D eigenvalue weighted by molar-refractivity contribution is 4.49. The van der Waals surface area contributed by atoms with Crippen molar-refractivity contribution < 1.29 is 18.4 Å². The van der Waals surface area contributed by atoms with E-state index in [0.29, 0.717) is 5.06 Å². The Bertz CT molecular complexity index is 80.4. The largest absolute Gasteiger partial charge is 0.390 e. The van der Waals surface area contributed by atoms with E-state index in [-0.39, 0.29) is 6.54 Å². The van der Waals surface area contributed by atoms with E-state index in [0.717, 1.165) is 0 Å². The fraction of sp³-hybridized carbons (Fsp3) is 1.00. The Hall–Kier alpha value is -0.290. The van der Waals surface area contributed by atoms with E-state index in [4.69, 9.17) is 5.21 Å². The summed E-state index contributed by atoms with van der Waals surface area (Å²) in [4.78, 5) is 0. The second-order valence-corrected chi connectivity index (χ2v) is 1.75. The molecule has 9 heavy (non-hydrogen) atoms. The van der Waals surface area contributed by atoms with Gasteiger partial charge in [-0.15, -0.1) is 0 Å². The summed E-state index contributed by atoms with van der Waals surface area (Å²) in [5.41, 5.74) is 0. The Kier molecular flexibility index (Phi) is 2.93. The molecule has 1 N–H and O–H groups in total. The molecule has 2 nitrogen and oxygen atoms in total. The number of hydroxylamine groups is 2. The molecule has 0 aliphatic heterocycles. The first-order valence-electron chi connectivity index (χ1n) is 2.38. The first-order valence-corrected chi connectivity index (χ1v) is 2.38. The van der Waals surface area contributed by atoms with E-state index in [1.807, 2.05) is 0 Å². The minimum Gasteiger partial charge on any atom is -0.314 e. The van der Waals surface area contributed by atoms with Crippen molar-refractivity contribution in [1.29, 1.82) is 0 Å². The first kappa shape index (κ1) is 8.71. The molecule has 0 atom stereocenters. The summed E-state index contributed by atoms with van der Waals surface area (Å²) in [6.45, 7) is -0.372. The average molecular weight is 143 g/mol. The summed E-state index contributed by atoms with van der Waals surface area (Å²) in [6.07, 6.45) is -5.14. The number of nitrogens with zero attached hydrogens (tertiary/aromatic N) is 1.